The molecule has 1 fully saturated rings. The van der Waals surface area contributed by atoms with Gasteiger partial charge in [0.05, 0.1) is 12.0 Å². The van der Waals surface area contributed by atoms with E-state index >= 15 is 0 Å². The van der Waals surface area contributed by atoms with Crippen LogP contribution in [-0.2, 0) is 11.2 Å². The Morgan fingerprint density at radius 3 is 2.56 bits per heavy atom. The highest BCUT2D eigenvalue weighted by atomic mass is 16.4. The molecule has 0 aromatic carbocycles. The predicted octanol–water partition coefficient (Wildman–Crippen LogP) is 1.13. The number of hydrogen-bond acceptors (Lipinski definition) is 4. The molecule has 0 bridgehead atoms. The minimum absolute atomic E-state index is 0. The summed E-state index contributed by atoms with van der Waals surface area (Å²) in [7, 11) is 0. The smallest absolute Gasteiger partial charge is 0.312 e. The fourth-order valence-electron chi connectivity index (χ4n) is 3.22. The van der Waals surface area contributed by atoms with E-state index in [1.54, 1.807) is 18.6 Å². The molecule has 0 unspecified atom stereocenters. The van der Waals surface area contributed by atoms with Crippen molar-refractivity contribution in [2.45, 2.75) is 50.5 Å². The highest BCUT2D eigenvalue weighted by molar-refractivity contribution is 5.75. The van der Waals surface area contributed by atoms with Crippen molar-refractivity contribution < 1.29 is 20.9 Å². The van der Waals surface area contributed by atoms with E-state index in [0.29, 0.717) is 24.0 Å². The number of aromatic nitrogens is 3. The molecule has 1 atom stereocenters. The Labute approximate surface area is 146 Å². The molecule has 3 rings (SSSR count). The van der Waals surface area contributed by atoms with Gasteiger partial charge in [-0.2, -0.15) is 0 Å². The fourth-order valence-corrected chi connectivity index (χ4v) is 3.22. The number of carboxylic acids is 1. The average Bonchev–Trinajstić information content (AvgIpc) is 3.04. The zero-order valence-electron chi connectivity index (χ0n) is 14.1. The van der Waals surface area contributed by atoms with Crippen molar-refractivity contribution in [3.05, 3.63) is 42.1 Å². The van der Waals surface area contributed by atoms with Crippen LogP contribution in [0.3, 0.4) is 0 Å². The second kappa shape index (κ2) is 9.14. The Balaban J connectivity index is 0.00000156. The van der Waals surface area contributed by atoms with Gasteiger partial charge in [0.2, 0.25) is 0 Å². The first-order chi connectivity index (χ1) is 11.1. The van der Waals surface area contributed by atoms with Crippen molar-refractivity contribution in [1.82, 2.24) is 14.5 Å². The molecular weight excluding hydrogens is 324 g/mol. The van der Waals surface area contributed by atoms with Gasteiger partial charge in [-0.05, 0) is 30.9 Å². The van der Waals surface area contributed by atoms with Gasteiger partial charge >= 0.3 is 5.97 Å². The third kappa shape index (κ3) is 5.01. The van der Waals surface area contributed by atoms with Crippen molar-refractivity contribution >= 4 is 11.8 Å². The van der Waals surface area contributed by atoms with E-state index in [1.165, 1.54) is 19.3 Å². The lowest BCUT2D eigenvalue weighted by atomic mass is 9.95. The Morgan fingerprint density at radius 1 is 1.24 bits per heavy atom. The number of carboxylic acid groups (broad SMARTS) is 1. The Kier molecular flexibility index (Phi) is 7.53. The van der Waals surface area contributed by atoms with Crippen LogP contribution in [-0.4, -0.2) is 36.6 Å². The summed E-state index contributed by atoms with van der Waals surface area (Å²) in [6.07, 6.45) is 11.7. The Hall–Kier alpha value is -2.45. The molecule has 1 aliphatic carbocycles. The highest BCUT2D eigenvalue weighted by Gasteiger charge is 2.24. The van der Waals surface area contributed by atoms with Gasteiger partial charge in [0.15, 0.2) is 0 Å². The van der Waals surface area contributed by atoms with Crippen LogP contribution in [0.15, 0.2) is 30.9 Å². The highest BCUT2D eigenvalue weighted by Crippen LogP contribution is 2.29. The third-order valence-corrected chi connectivity index (χ3v) is 4.56. The first-order valence-corrected chi connectivity index (χ1v) is 8.10. The number of pyridine rings is 1. The zero-order chi connectivity index (χ0) is 16.2. The van der Waals surface area contributed by atoms with Gasteiger partial charge in [0.1, 0.15) is 11.7 Å². The zero-order valence-corrected chi connectivity index (χ0v) is 14.1. The lowest BCUT2D eigenvalue weighted by Crippen LogP contribution is -2.15. The summed E-state index contributed by atoms with van der Waals surface area (Å²) in [6, 6.07) is 3.96. The Morgan fingerprint density at radius 2 is 1.96 bits per heavy atom. The molecular formula is C17H26N4O4. The lowest BCUT2D eigenvalue weighted by molar-refractivity contribution is -0.138. The van der Waals surface area contributed by atoms with Crippen LogP contribution in [0.5, 0.6) is 0 Å². The number of carbonyl (C=O) groups is 1. The van der Waals surface area contributed by atoms with Gasteiger partial charge in [0, 0.05) is 18.4 Å². The summed E-state index contributed by atoms with van der Waals surface area (Å²) >= 11 is 0. The van der Waals surface area contributed by atoms with Crippen molar-refractivity contribution in [2.24, 2.45) is 0 Å². The van der Waals surface area contributed by atoms with Crippen LogP contribution < -0.4 is 5.73 Å². The molecule has 1 aliphatic rings. The van der Waals surface area contributed by atoms with E-state index in [0.717, 1.165) is 18.4 Å². The number of hydrogen-bond donors (Lipinski definition) is 2. The summed E-state index contributed by atoms with van der Waals surface area (Å²) < 4.78 is 2.09. The summed E-state index contributed by atoms with van der Waals surface area (Å²) in [4.78, 5) is 20.0. The predicted molar refractivity (Wildman–Crippen MR) is 94.3 cm³/mol. The number of imidazole rings is 1. The first-order valence-electron chi connectivity index (χ1n) is 8.10. The van der Waals surface area contributed by atoms with E-state index in [1.807, 2.05) is 12.3 Å². The van der Waals surface area contributed by atoms with E-state index in [4.69, 9.17) is 5.73 Å². The number of nitrogens with zero attached hydrogens (tertiary/aromatic N) is 3. The topological polar surface area (TPSA) is 157 Å². The van der Waals surface area contributed by atoms with Gasteiger partial charge in [-0.25, -0.2) is 9.97 Å². The van der Waals surface area contributed by atoms with Crippen LogP contribution in [0.25, 0.3) is 0 Å². The number of nitrogen functional groups attached to an aromatic ring is 1. The maximum absolute atomic E-state index is 11.7. The molecule has 0 saturated heterocycles. The molecule has 0 aliphatic heterocycles. The summed E-state index contributed by atoms with van der Waals surface area (Å²) in [5, 5.41) is 9.57. The number of nitrogens with two attached hydrogens (primary N) is 1. The molecule has 2 aromatic rings. The van der Waals surface area contributed by atoms with E-state index < -0.39 is 11.9 Å². The monoisotopic (exact) mass is 350 g/mol. The molecule has 8 nitrogen and oxygen atoms in total. The molecule has 25 heavy (non-hydrogen) atoms. The number of anilines is 1. The maximum Gasteiger partial charge on any atom is 0.312 e. The minimum Gasteiger partial charge on any atom is -0.481 e. The molecule has 2 heterocycles. The van der Waals surface area contributed by atoms with E-state index in [9.17, 15) is 9.90 Å². The lowest BCUT2D eigenvalue weighted by Gasteiger charge is -2.22. The average molecular weight is 350 g/mol. The molecule has 138 valence electrons. The first kappa shape index (κ1) is 20.6. The molecule has 1 saturated carbocycles. The second-order valence-electron chi connectivity index (χ2n) is 6.22. The largest absolute Gasteiger partial charge is 0.481 e. The summed E-state index contributed by atoms with van der Waals surface area (Å²) in [5.41, 5.74) is 7.03. The minimum atomic E-state index is -0.865. The van der Waals surface area contributed by atoms with Gasteiger partial charge in [-0.1, -0.05) is 25.3 Å². The second-order valence-corrected chi connectivity index (χ2v) is 6.22. The molecule has 0 spiro atoms. The van der Waals surface area contributed by atoms with Crippen molar-refractivity contribution in [3.8, 4) is 0 Å². The van der Waals surface area contributed by atoms with Crippen molar-refractivity contribution in [1.29, 1.82) is 0 Å². The van der Waals surface area contributed by atoms with Crippen molar-refractivity contribution in [3.63, 3.8) is 0 Å². The van der Waals surface area contributed by atoms with Crippen LogP contribution in [0, 0.1) is 0 Å². The van der Waals surface area contributed by atoms with Gasteiger partial charge in [-0.3, -0.25) is 4.79 Å². The van der Waals surface area contributed by atoms with Crippen molar-refractivity contribution in [2.75, 3.05) is 5.73 Å². The maximum atomic E-state index is 11.7. The summed E-state index contributed by atoms with van der Waals surface area (Å²) in [6.45, 7) is 0. The van der Waals surface area contributed by atoms with Gasteiger partial charge in [-0.15, -0.1) is 0 Å². The molecule has 8 heteroatoms. The third-order valence-electron chi connectivity index (χ3n) is 4.56. The van der Waals surface area contributed by atoms with Crippen LogP contribution in [0.2, 0.25) is 0 Å². The van der Waals surface area contributed by atoms with Gasteiger partial charge < -0.3 is 26.4 Å². The summed E-state index contributed by atoms with van der Waals surface area (Å²) in [5.74, 6) is -1.09. The SMILES string of the molecule is Nc1ccc(C[C@@H](C(=O)O)c2cn(C3CCCCC3)cn2)cn1.O.O. The molecule has 7 N–H and O–H groups in total. The normalized spacial score (nSPS) is 15.7. The number of aliphatic carboxylic acids is 1. The van der Waals surface area contributed by atoms with Crippen LogP contribution >= 0.6 is 0 Å². The number of rotatable bonds is 5. The van der Waals surface area contributed by atoms with Gasteiger partial charge in [0.25, 0.3) is 0 Å². The Bertz CT molecular complexity index is 666. The molecule has 0 amide bonds. The van der Waals surface area contributed by atoms with Crippen LogP contribution in [0.4, 0.5) is 5.82 Å². The fraction of sp³-hybridized carbons (Fsp3) is 0.471. The van der Waals surface area contributed by atoms with E-state index in [-0.39, 0.29) is 11.0 Å². The quantitative estimate of drug-likeness (QED) is 0.826. The van der Waals surface area contributed by atoms with E-state index in [2.05, 4.69) is 14.5 Å². The molecule has 2 aromatic heterocycles. The molecule has 0 radical (unpaired) electrons. The van der Waals surface area contributed by atoms with Crippen LogP contribution in [0.1, 0.15) is 55.3 Å². The standard InChI is InChI=1S/C17H22N4O2.2H2O/c18-16-7-6-12(9-19-16)8-14(17(22)23)15-10-21(11-20-15)13-4-2-1-3-5-13;;/h6-7,9-11,13-14H,1-5,8H2,(H2,18,19)(H,22,23);2*1H2/t14-;;/m1../s1.